The van der Waals surface area contributed by atoms with E-state index in [9.17, 15) is 13.6 Å². The number of nitrogens with zero attached hydrogens (tertiary/aromatic N) is 3. The average molecular weight is 351 g/mol. The van der Waals surface area contributed by atoms with Gasteiger partial charge in [-0.25, -0.2) is 9.37 Å². The predicted molar refractivity (Wildman–Crippen MR) is 92.1 cm³/mol. The van der Waals surface area contributed by atoms with Crippen molar-refractivity contribution in [3.63, 3.8) is 0 Å². The Kier molecular flexibility index (Phi) is 3.95. The van der Waals surface area contributed by atoms with E-state index in [1.54, 1.807) is 48.4 Å². The van der Waals surface area contributed by atoms with Gasteiger partial charge < -0.3 is 4.90 Å². The molecule has 0 spiro atoms. The molecular formula is C20H15F2N3O. The van der Waals surface area contributed by atoms with Gasteiger partial charge in [0.15, 0.2) is 0 Å². The summed E-state index contributed by atoms with van der Waals surface area (Å²) in [7, 11) is 0. The number of amides is 1. The number of aryl methyl sites for hydroxylation is 1. The zero-order chi connectivity index (χ0) is 18.3. The largest absolute Gasteiger partial charge is 0.328 e. The highest BCUT2D eigenvalue weighted by molar-refractivity contribution is 5.97. The molecule has 2 aromatic heterocycles. The SMILES string of the molecule is Cc1cc(-c2ccc(CN3Cc4ncccc4C3=O)c(F)c2)cnc1F. The number of benzene rings is 1. The summed E-state index contributed by atoms with van der Waals surface area (Å²) in [6.45, 7) is 2.15. The third kappa shape index (κ3) is 2.83. The van der Waals surface area contributed by atoms with Gasteiger partial charge in [-0.05, 0) is 36.8 Å². The molecule has 0 saturated heterocycles. The Labute approximate surface area is 149 Å². The second-order valence-electron chi connectivity index (χ2n) is 6.30. The first kappa shape index (κ1) is 16.3. The van der Waals surface area contributed by atoms with Crippen LogP contribution in [-0.2, 0) is 13.1 Å². The van der Waals surface area contributed by atoms with Crippen molar-refractivity contribution in [2.45, 2.75) is 20.0 Å². The first-order chi connectivity index (χ1) is 12.5. The molecule has 0 saturated carbocycles. The maximum Gasteiger partial charge on any atom is 0.256 e. The van der Waals surface area contributed by atoms with E-state index >= 15 is 0 Å². The summed E-state index contributed by atoms with van der Waals surface area (Å²) < 4.78 is 27.9. The molecule has 0 bridgehead atoms. The zero-order valence-corrected chi connectivity index (χ0v) is 14.0. The van der Waals surface area contributed by atoms with Gasteiger partial charge in [-0.3, -0.25) is 9.78 Å². The van der Waals surface area contributed by atoms with Crippen LogP contribution in [0.4, 0.5) is 8.78 Å². The monoisotopic (exact) mass is 351 g/mol. The van der Waals surface area contributed by atoms with Crippen LogP contribution in [0.1, 0.15) is 27.2 Å². The van der Waals surface area contributed by atoms with Crippen molar-refractivity contribution in [1.29, 1.82) is 0 Å². The average Bonchev–Trinajstić information content (AvgIpc) is 2.95. The molecule has 0 atom stereocenters. The molecular weight excluding hydrogens is 336 g/mol. The molecule has 4 nitrogen and oxygen atoms in total. The third-order valence-electron chi connectivity index (χ3n) is 4.51. The van der Waals surface area contributed by atoms with Crippen molar-refractivity contribution in [2.24, 2.45) is 0 Å². The maximum absolute atomic E-state index is 14.6. The summed E-state index contributed by atoms with van der Waals surface area (Å²) in [5.41, 5.74) is 3.35. The number of rotatable bonds is 3. The molecule has 0 fully saturated rings. The minimum atomic E-state index is -0.536. The summed E-state index contributed by atoms with van der Waals surface area (Å²) in [6.07, 6.45) is 3.02. The van der Waals surface area contributed by atoms with Crippen LogP contribution in [-0.4, -0.2) is 20.8 Å². The Morgan fingerprint density at radius 1 is 1.12 bits per heavy atom. The number of aromatic nitrogens is 2. The number of carbonyl (C=O) groups excluding carboxylic acids is 1. The Balaban J connectivity index is 1.58. The standard InChI is InChI=1S/C20H15F2N3O/c1-12-7-15(9-24-19(12)22)13-4-5-14(17(21)8-13)10-25-11-18-16(20(25)26)3-2-6-23-18/h2-9H,10-11H2,1H3. The van der Waals surface area contributed by atoms with E-state index < -0.39 is 11.8 Å². The van der Waals surface area contributed by atoms with Gasteiger partial charge in [0.05, 0.1) is 17.8 Å². The minimum absolute atomic E-state index is 0.144. The smallest absolute Gasteiger partial charge is 0.256 e. The topological polar surface area (TPSA) is 46.1 Å². The second-order valence-corrected chi connectivity index (χ2v) is 6.30. The van der Waals surface area contributed by atoms with Crippen molar-refractivity contribution in [1.82, 2.24) is 14.9 Å². The lowest BCUT2D eigenvalue weighted by Gasteiger charge is -2.16. The minimum Gasteiger partial charge on any atom is -0.328 e. The van der Waals surface area contributed by atoms with Crippen LogP contribution >= 0.6 is 0 Å². The highest BCUT2D eigenvalue weighted by Crippen LogP contribution is 2.26. The molecule has 1 aliphatic rings. The molecule has 0 radical (unpaired) electrons. The van der Waals surface area contributed by atoms with Crippen molar-refractivity contribution < 1.29 is 13.6 Å². The summed E-state index contributed by atoms with van der Waals surface area (Å²) >= 11 is 0. The van der Waals surface area contributed by atoms with E-state index in [4.69, 9.17) is 0 Å². The number of hydrogen-bond donors (Lipinski definition) is 0. The van der Waals surface area contributed by atoms with E-state index in [2.05, 4.69) is 9.97 Å². The van der Waals surface area contributed by atoms with Gasteiger partial charge in [-0.2, -0.15) is 4.39 Å². The van der Waals surface area contributed by atoms with E-state index in [0.29, 0.717) is 40.1 Å². The molecule has 1 aliphatic heterocycles. The summed E-state index contributed by atoms with van der Waals surface area (Å²) in [4.78, 5) is 21.8. The zero-order valence-electron chi connectivity index (χ0n) is 14.0. The van der Waals surface area contributed by atoms with Gasteiger partial charge in [-0.15, -0.1) is 0 Å². The van der Waals surface area contributed by atoms with Gasteiger partial charge in [0.25, 0.3) is 5.91 Å². The molecule has 1 amide bonds. The van der Waals surface area contributed by atoms with E-state index in [0.717, 1.165) is 0 Å². The van der Waals surface area contributed by atoms with Crippen LogP contribution in [0.15, 0.2) is 48.8 Å². The number of fused-ring (bicyclic) bond motifs is 1. The normalized spacial score (nSPS) is 13.2. The molecule has 6 heteroatoms. The predicted octanol–water partition coefficient (Wildman–Crippen LogP) is 3.89. The third-order valence-corrected chi connectivity index (χ3v) is 4.51. The van der Waals surface area contributed by atoms with Crippen LogP contribution in [0.25, 0.3) is 11.1 Å². The van der Waals surface area contributed by atoms with Crippen molar-refractivity contribution in [2.75, 3.05) is 0 Å². The van der Waals surface area contributed by atoms with Crippen LogP contribution in [0, 0.1) is 18.7 Å². The first-order valence-corrected chi connectivity index (χ1v) is 8.17. The fourth-order valence-electron chi connectivity index (χ4n) is 3.09. The molecule has 4 rings (SSSR count). The highest BCUT2D eigenvalue weighted by atomic mass is 19.1. The summed E-state index contributed by atoms with van der Waals surface area (Å²) in [5.74, 6) is -1.09. The molecule has 0 aliphatic carbocycles. The lowest BCUT2D eigenvalue weighted by molar-refractivity contribution is 0.0765. The molecule has 0 unspecified atom stereocenters. The quantitative estimate of drug-likeness (QED) is 0.673. The maximum atomic E-state index is 14.6. The number of halogens is 2. The summed E-state index contributed by atoms with van der Waals surface area (Å²) in [6, 6.07) is 9.85. The van der Waals surface area contributed by atoms with E-state index in [-0.39, 0.29) is 12.5 Å². The van der Waals surface area contributed by atoms with Gasteiger partial charge >= 0.3 is 0 Å². The second kappa shape index (κ2) is 6.29. The van der Waals surface area contributed by atoms with Crippen molar-refractivity contribution >= 4 is 5.91 Å². The van der Waals surface area contributed by atoms with Gasteiger partial charge in [0.2, 0.25) is 5.95 Å². The molecule has 0 N–H and O–H groups in total. The van der Waals surface area contributed by atoms with Gasteiger partial charge in [-0.1, -0.05) is 12.1 Å². The van der Waals surface area contributed by atoms with Crippen molar-refractivity contribution in [3.05, 3.63) is 82.9 Å². The van der Waals surface area contributed by atoms with E-state index in [1.165, 1.54) is 12.3 Å². The Hall–Kier alpha value is -3.15. The highest BCUT2D eigenvalue weighted by Gasteiger charge is 2.28. The van der Waals surface area contributed by atoms with Crippen LogP contribution in [0.2, 0.25) is 0 Å². The molecule has 1 aromatic carbocycles. The van der Waals surface area contributed by atoms with Crippen molar-refractivity contribution in [3.8, 4) is 11.1 Å². The number of hydrogen-bond acceptors (Lipinski definition) is 3. The van der Waals surface area contributed by atoms with Crippen LogP contribution in [0.3, 0.4) is 0 Å². The fourth-order valence-corrected chi connectivity index (χ4v) is 3.09. The lowest BCUT2D eigenvalue weighted by Crippen LogP contribution is -2.23. The van der Waals surface area contributed by atoms with Gasteiger partial charge in [0, 0.05) is 35.6 Å². The first-order valence-electron chi connectivity index (χ1n) is 8.17. The Bertz CT molecular complexity index is 1020. The number of pyridine rings is 2. The van der Waals surface area contributed by atoms with Crippen LogP contribution < -0.4 is 0 Å². The van der Waals surface area contributed by atoms with E-state index in [1.807, 2.05) is 0 Å². The molecule has 26 heavy (non-hydrogen) atoms. The molecule has 3 heterocycles. The lowest BCUT2D eigenvalue weighted by atomic mass is 10.0. The summed E-state index contributed by atoms with van der Waals surface area (Å²) in [5, 5.41) is 0. The Morgan fingerprint density at radius 3 is 2.69 bits per heavy atom. The van der Waals surface area contributed by atoms with Crippen LogP contribution in [0.5, 0.6) is 0 Å². The fraction of sp³-hybridized carbons (Fsp3) is 0.150. The number of carbonyl (C=O) groups is 1. The molecule has 130 valence electrons. The van der Waals surface area contributed by atoms with Gasteiger partial charge in [0.1, 0.15) is 5.82 Å². The molecule has 3 aromatic rings. The Morgan fingerprint density at radius 2 is 1.96 bits per heavy atom.